The zero-order valence-electron chi connectivity index (χ0n) is 11.5. The summed E-state index contributed by atoms with van der Waals surface area (Å²) in [7, 11) is -3.23. The van der Waals surface area contributed by atoms with Crippen LogP contribution in [0, 0.1) is 0 Å². The Morgan fingerprint density at radius 3 is 2.48 bits per heavy atom. The molecule has 0 unspecified atom stereocenters. The molecule has 0 bridgehead atoms. The molecule has 116 valence electrons. The number of esters is 1. The summed E-state index contributed by atoms with van der Waals surface area (Å²) in [6.07, 6.45) is 3.71. The normalized spacial score (nSPS) is 16.7. The molecule has 0 aromatic carbocycles. The molecule has 1 aromatic rings. The number of ether oxygens (including phenoxy) is 1. The second-order valence-corrected chi connectivity index (χ2v) is 6.61. The van der Waals surface area contributed by atoms with Gasteiger partial charge in [0, 0.05) is 26.2 Å². The highest BCUT2D eigenvalue weighted by Crippen LogP contribution is 2.07. The van der Waals surface area contributed by atoms with Crippen molar-refractivity contribution in [1.82, 2.24) is 9.21 Å². The van der Waals surface area contributed by atoms with E-state index in [9.17, 15) is 18.0 Å². The van der Waals surface area contributed by atoms with Crippen molar-refractivity contribution in [3.8, 4) is 0 Å². The van der Waals surface area contributed by atoms with Gasteiger partial charge in [-0.3, -0.25) is 4.79 Å². The van der Waals surface area contributed by atoms with E-state index in [-0.39, 0.29) is 44.3 Å². The SMILES string of the molecule is CS(=O)(=O)N1CCN(C(=O)COC(=O)c2ccoc2)CC1. The standard InChI is InChI=1S/C12H16N2O6S/c1-21(17,18)14-5-3-13(4-6-14)11(15)9-20-12(16)10-2-7-19-8-10/h2,7-8H,3-6,9H2,1H3. The number of piperazine rings is 1. The molecular formula is C12H16N2O6S. The lowest BCUT2D eigenvalue weighted by Gasteiger charge is -2.33. The number of rotatable bonds is 4. The van der Waals surface area contributed by atoms with Gasteiger partial charge >= 0.3 is 5.97 Å². The number of carbonyl (C=O) groups is 2. The molecule has 2 rings (SSSR count). The van der Waals surface area contributed by atoms with Crippen molar-refractivity contribution in [2.75, 3.05) is 39.0 Å². The number of hydrogen-bond acceptors (Lipinski definition) is 6. The van der Waals surface area contributed by atoms with Crippen LogP contribution in [0.15, 0.2) is 23.0 Å². The predicted molar refractivity (Wildman–Crippen MR) is 72.0 cm³/mol. The van der Waals surface area contributed by atoms with Crippen molar-refractivity contribution < 1.29 is 27.2 Å². The van der Waals surface area contributed by atoms with Gasteiger partial charge in [-0.25, -0.2) is 13.2 Å². The van der Waals surface area contributed by atoms with E-state index in [1.165, 1.54) is 27.8 Å². The van der Waals surface area contributed by atoms with E-state index >= 15 is 0 Å². The average molecular weight is 316 g/mol. The zero-order valence-corrected chi connectivity index (χ0v) is 12.3. The highest BCUT2D eigenvalue weighted by molar-refractivity contribution is 7.88. The number of carbonyl (C=O) groups excluding carboxylic acids is 2. The van der Waals surface area contributed by atoms with Gasteiger partial charge in [-0.1, -0.05) is 0 Å². The Balaban J connectivity index is 1.79. The van der Waals surface area contributed by atoms with Crippen LogP contribution in [0.25, 0.3) is 0 Å². The Morgan fingerprint density at radius 2 is 1.95 bits per heavy atom. The van der Waals surface area contributed by atoms with Gasteiger partial charge in [-0.05, 0) is 6.07 Å². The van der Waals surface area contributed by atoms with E-state index in [1.807, 2.05) is 0 Å². The molecule has 0 aliphatic carbocycles. The summed E-state index contributed by atoms with van der Waals surface area (Å²) in [5, 5.41) is 0. The smallest absolute Gasteiger partial charge is 0.341 e. The third-order valence-electron chi connectivity index (χ3n) is 3.14. The van der Waals surface area contributed by atoms with Crippen LogP contribution in [-0.4, -0.2) is 68.5 Å². The summed E-state index contributed by atoms with van der Waals surface area (Å²) >= 11 is 0. The van der Waals surface area contributed by atoms with Gasteiger partial charge in [0.2, 0.25) is 10.0 Å². The second-order valence-electron chi connectivity index (χ2n) is 4.63. The molecule has 0 N–H and O–H groups in total. The summed E-state index contributed by atoms with van der Waals surface area (Å²) in [6.45, 7) is 0.702. The van der Waals surface area contributed by atoms with Crippen LogP contribution in [0.2, 0.25) is 0 Å². The highest BCUT2D eigenvalue weighted by atomic mass is 32.2. The Labute approximate surface area is 122 Å². The van der Waals surface area contributed by atoms with Crippen LogP contribution in [0.5, 0.6) is 0 Å². The summed E-state index contributed by atoms with van der Waals surface area (Å²) < 4.78 is 33.6. The van der Waals surface area contributed by atoms with Crippen molar-refractivity contribution in [1.29, 1.82) is 0 Å². The molecule has 1 fully saturated rings. The predicted octanol–water partition coefficient (Wildman–Crippen LogP) is -0.460. The molecule has 1 aromatic heterocycles. The maximum Gasteiger partial charge on any atom is 0.341 e. The summed E-state index contributed by atoms with van der Waals surface area (Å²) in [5.74, 6) is -0.980. The fourth-order valence-electron chi connectivity index (χ4n) is 1.95. The Hall–Kier alpha value is -1.87. The molecule has 0 atom stereocenters. The van der Waals surface area contributed by atoms with Crippen molar-refractivity contribution >= 4 is 21.9 Å². The summed E-state index contributed by atoms with van der Waals surface area (Å²) in [5.41, 5.74) is 0.240. The zero-order chi connectivity index (χ0) is 15.5. The number of amides is 1. The van der Waals surface area contributed by atoms with Gasteiger partial charge in [-0.15, -0.1) is 0 Å². The number of hydrogen-bond donors (Lipinski definition) is 0. The minimum atomic E-state index is -3.23. The van der Waals surface area contributed by atoms with E-state index in [4.69, 9.17) is 9.15 Å². The van der Waals surface area contributed by atoms with Gasteiger partial charge in [-0.2, -0.15) is 4.31 Å². The van der Waals surface area contributed by atoms with Crippen LogP contribution in [0.3, 0.4) is 0 Å². The first kappa shape index (κ1) is 15.5. The molecule has 8 nitrogen and oxygen atoms in total. The van der Waals surface area contributed by atoms with Crippen molar-refractivity contribution in [2.45, 2.75) is 0 Å². The first-order valence-corrected chi connectivity index (χ1v) is 8.15. The molecule has 1 aliphatic heterocycles. The molecule has 0 radical (unpaired) electrons. The topological polar surface area (TPSA) is 97.1 Å². The summed E-state index contributed by atoms with van der Waals surface area (Å²) in [4.78, 5) is 24.9. The van der Waals surface area contributed by atoms with Crippen LogP contribution >= 0.6 is 0 Å². The first-order chi connectivity index (χ1) is 9.88. The van der Waals surface area contributed by atoms with Crippen molar-refractivity contribution in [3.63, 3.8) is 0 Å². The molecule has 0 saturated carbocycles. The minimum Gasteiger partial charge on any atom is -0.472 e. The van der Waals surface area contributed by atoms with Gasteiger partial charge in [0.1, 0.15) is 6.26 Å². The molecular weight excluding hydrogens is 300 g/mol. The van der Waals surface area contributed by atoms with E-state index < -0.39 is 16.0 Å². The van der Waals surface area contributed by atoms with Gasteiger partial charge in [0.25, 0.3) is 5.91 Å². The quantitative estimate of drug-likeness (QED) is 0.697. The Morgan fingerprint density at radius 1 is 1.29 bits per heavy atom. The molecule has 0 spiro atoms. The van der Waals surface area contributed by atoms with Crippen molar-refractivity contribution in [3.05, 3.63) is 24.2 Å². The van der Waals surface area contributed by atoms with Gasteiger partial charge in [0.05, 0.1) is 18.1 Å². The van der Waals surface area contributed by atoms with E-state index in [2.05, 4.69) is 0 Å². The lowest BCUT2D eigenvalue weighted by molar-refractivity contribution is -0.135. The molecule has 1 aliphatic rings. The second kappa shape index (κ2) is 6.27. The van der Waals surface area contributed by atoms with E-state index in [1.54, 1.807) is 0 Å². The molecule has 9 heteroatoms. The van der Waals surface area contributed by atoms with E-state index in [0.29, 0.717) is 0 Å². The fraction of sp³-hybridized carbons (Fsp3) is 0.500. The van der Waals surface area contributed by atoms with Crippen molar-refractivity contribution in [2.24, 2.45) is 0 Å². The third-order valence-corrected chi connectivity index (χ3v) is 4.45. The number of furan rings is 1. The molecule has 2 heterocycles. The highest BCUT2D eigenvalue weighted by Gasteiger charge is 2.26. The molecule has 1 saturated heterocycles. The lowest BCUT2D eigenvalue weighted by atomic mass is 10.3. The Bertz CT molecular complexity index is 602. The van der Waals surface area contributed by atoms with Crippen LogP contribution in [0.4, 0.5) is 0 Å². The van der Waals surface area contributed by atoms with Crippen LogP contribution in [0.1, 0.15) is 10.4 Å². The summed E-state index contributed by atoms with van der Waals surface area (Å²) in [6, 6.07) is 1.44. The largest absolute Gasteiger partial charge is 0.472 e. The fourth-order valence-corrected chi connectivity index (χ4v) is 2.78. The van der Waals surface area contributed by atoms with Crippen LogP contribution in [-0.2, 0) is 19.6 Å². The first-order valence-electron chi connectivity index (χ1n) is 6.30. The molecule has 21 heavy (non-hydrogen) atoms. The van der Waals surface area contributed by atoms with E-state index in [0.717, 1.165) is 6.26 Å². The number of sulfonamides is 1. The number of nitrogens with zero attached hydrogens (tertiary/aromatic N) is 2. The van der Waals surface area contributed by atoms with Crippen LogP contribution < -0.4 is 0 Å². The average Bonchev–Trinajstić information content (AvgIpc) is 2.98. The maximum absolute atomic E-state index is 11.9. The minimum absolute atomic E-state index is 0.240. The lowest BCUT2D eigenvalue weighted by Crippen LogP contribution is -2.51. The maximum atomic E-state index is 11.9. The third kappa shape index (κ3) is 4.05. The monoisotopic (exact) mass is 316 g/mol. The molecule has 1 amide bonds. The Kier molecular flexibility index (Phi) is 4.63. The van der Waals surface area contributed by atoms with Gasteiger partial charge in [0.15, 0.2) is 6.61 Å². The van der Waals surface area contributed by atoms with Gasteiger partial charge < -0.3 is 14.1 Å².